The molecule has 2 atom stereocenters. The standard InChI is InChI=1S/C11H19NOS/c1-3-9(2)7-12-8-10(13)11-5-4-6-14-11/h4-6,9-10,12-13H,3,7-8H2,1-2H3. The summed E-state index contributed by atoms with van der Waals surface area (Å²) in [6.07, 6.45) is 0.835. The van der Waals surface area contributed by atoms with Crippen LogP contribution in [0.15, 0.2) is 17.5 Å². The van der Waals surface area contributed by atoms with Crippen molar-refractivity contribution < 1.29 is 5.11 Å². The molecule has 0 spiro atoms. The van der Waals surface area contributed by atoms with Crippen LogP contribution in [-0.2, 0) is 0 Å². The lowest BCUT2D eigenvalue weighted by molar-refractivity contribution is 0.176. The van der Waals surface area contributed by atoms with Crippen molar-refractivity contribution in [3.8, 4) is 0 Å². The Labute approximate surface area is 90.0 Å². The van der Waals surface area contributed by atoms with Gasteiger partial charge in [0, 0.05) is 11.4 Å². The van der Waals surface area contributed by atoms with E-state index in [0.29, 0.717) is 12.5 Å². The largest absolute Gasteiger partial charge is 0.386 e. The molecule has 0 aliphatic rings. The predicted octanol–water partition coefficient (Wildman–Crippen LogP) is 2.42. The van der Waals surface area contributed by atoms with Gasteiger partial charge in [-0.1, -0.05) is 26.3 Å². The second kappa shape index (κ2) is 6.17. The summed E-state index contributed by atoms with van der Waals surface area (Å²) in [5, 5.41) is 15.0. The third kappa shape index (κ3) is 3.78. The zero-order valence-corrected chi connectivity index (χ0v) is 9.68. The van der Waals surface area contributed by atoms with Gasteiger partial charge in [0.15, 0.2) is 0 Å². The quantitative estimate of drug-likeness (QED) is 0.760. The van der Waals surface area contributed by atoms with Gasteiger partial charge >= 0.3 is 0 Å². The fraction of sp³-hybridized carbons (Fsp3) is 0.636. The molecule has 0 fully saturated rings. The van der Waals surface area contributed by atoms with Gasteiger partial charge in [-0.3, -0.25) is 0 Å². The molecule has 0 aliphatic heterocycles. The molecule has 1 aromatic heterocycles. The summed E-state index contributed by atoms with van der Waals surface area (Å²) in [5.74, 6) is 0.686. The van der Waals surface area contributed by atoms with E-state index in [1.54, 1.807) is 11.3 Å². The van der Waals surface area contributed by atoms with Crippen molar-refractivity contribution in [1.29, 1.82) is 0 Å². The lowest BCUT2D eigenvalue weighted by Gasteiger charge is -2.13. The number of hydrogen-bond donors (Lipinski definition) is 2. The highest BCUT2D eigenvalue weighted by Crippen LogP contribution is 2.17. The maximum atomic E-state index is 9.74. The summed E-state index contributed by atoms with van der Waals surface area (Å²) in [5.41, 5.74) is 0. The Morgan fingerprint density at radius 1 is 1.50 bits per heavy atom. The van der Waals surface area contributed by atoms with E-state index in [4.69, 9.17) is 0 Å². The van der Waals surface area contributed by atoms with Gasteiger partial charge in [0.05, 0.1) is 0 Å². The minimum Gasteiger partial charge on any atom is -0.386 e. The van der Waals surface area contributed by atoms with E-state index in [2.05, 4.69) is 19.2 Å². The molecule has 1 aromatic rings. The van der Waals surface area contributed by atoms with Crippen LogP contribution < -0.4 is 5.32 Å². The number of thiophene rings is 1. The second-order valence-electron chi connectivity index (χ2n) is 3.70. The lowest BCUT2D eigenvalue weighted by atomic mass is 10.1. The Bertz CT molecular complexity index is 235. The third-order valence-corrected chi connectivity index (χ3v) is 3.37. The monoisotopic (exact) mass is 213 g/mol. The molecule has 0 radical (unpaired) electrons. The molecule has 2 nitrogen and oxygen atoms in total. The smallest absolute Gasteiger partial charge is 0.101 e. The van der Waals surface area contributed by atoms with Crippen LogP contribution in [0.5, 0.6) is 0 Å². The van der Waals surface area contributed by atoms with Crippen LogP contribution in [-0.4, -0.2) is 18.2 Å². The predicted molar refractivity (Wildman–Crippen MR) is 61.6 cm³/mol. The van der Waals surface area contributed by atoms with Crippen LogP contribution in [0, 0.1) is 5.92 Å². The van der Waals surface area contributed by atoms with E-state index < -0.39 is 0 Å². The summed E-state index contributed by atoms with van der Waals surface area (Å²) < 4.78 is 0. The fourth-order valence-corrected chi connectivity index (χ4v) is 1.90. The van der Waals surface area contributed by atoms with Crippen molar-refractivity contribution in [3.05, 3.63) is 22.4 Å². The highest BCUT2D eigenvalue weighted by molar-refractivity contribution is 7.10. The molecule has 0 amide bonds. The van der Waals surface area contributed by atoms with Crippen LogP contribution in [0.2, 0.25) is 0 Å². The second-order valence-corrected chi connectivity index (χ2v) is 4.68. The van der Waals surface area contributed by atoms with Crippen molar-refractivity contribution in [3.63, 3.8) is 0 Å². The van der Waals surface area contributed by atoms with E-state index in [-0.39, 0.29) is 6.10 Å². The molecule has 0 saturated carbocycles. The molecule has 14 heavy (non-hydrogen) atoms. The molecule has 2 N–H and O–H groups in total. The van der Waals surface area contributed by atoms with E-state index in [0.717, 1.165) is 11.4 Å². The lowest BCUT2D eigenvalue weighted by Crippen LogP contribution is -2.25. The Morgan fingerprint density at radius 3 is 2.86 bits per heavy atom. The Hall–Kier alpha value is -0.380. The minimum absolute atomic E-state index is 0.348. The number of rotatable bonds is 6. The van der Waals surface area contributed by atoms with E-state index in [1.165, 1.54) is 6.42 Å². The summed E-state index contributed by atoms with van der Waals surface area (Å²) in [6, 6.07) is 3.94. The van der Waals surface area contributed by atoms with Gasteiger partial charge in [0.2, 0.25) is 0 Å². The number of nitrogens with one attached hydrogen (secondary N) is 1. The Balaban J connectivity index is 2.19. The minimum atomic E-state index is -0.348. The average Bonchev–Trinajstić information content (AvgIpc) is 2.70. The normalized spacial score (nSPS) is 15.4. The van der Waals surface area contributed by atoms with Crippen LogP contribution in [0.1, 0.15) is 31.2 Å². The van der Waals surface area contributed by atoms with Crippen molar-refractivity contribution >= 4 is 11.3 Å². The first kappa shape index (κ1) is 11.7. The molecule has 0 bridgehead atoms. The Kier molecular flexibility index (Phi) is 5.15. The highest BCUT2D eigenvalue weighted by atomic mass is 32.1. The Morgan fingerprint density at radius 2 is 2.29 bits per heavy atom. The SMILES string of the molecule is CCC(C)CNCC(O)c1cccs1. The first-order valence-electron chi connectivity index (χ1n) is 5.16. The van der Waals surface area contributed by atoms with Crippen LogP contribution in [0.3, 0.4) is 0 Å². The fourth-order valence-electron chi connectivity index (χ4n) is 1.19. The molecular weight excluding hydrogens is 194 g/mol. The molecular formula is C11H19NOS. The van der Waals surface area contributed by atoms with Crippen molar-refractivity contribution in [2.75, 3.05) is 13.1 Å². The molecule has 0 aromatic carbocycles. The maximum Gasteiger partial charge on any atom is 0.101 e. The van der Waals surface area contributed by atoms with E-state index >= 15 is 0 Å². The van der Waals surface area contributed by atoms with Gasteiger partial charge in [-0.05, 0) is 23.9 Å². The summed E-state index contributed by atoms with van der Waals surface area (Å²) in [7, 11) is 0. The molecule has 1 heterocycles. The van der Waals surface area contributed by atoms with Gasteiger partial charge in [-0.15, -0.1) is 11.3 Å². The number of aliphatic hydroxyl groups is 1. The summed E-state index contributed by atoms with van der Waals surface area (Å²) >= 11 is 1.61. The van der Waals surface area contributed by atoms with Gasteiger partial charge in [0.25, 0.3) is 0 Å². The molecule has 0 aliphatic carbocycles. The van der Waals surface area contributed by atoms with Gasteiger partial charge in [-0.2, -0.15) is 0 Å². The molecule has 1 rings (SSSR count). The third-order valence-electron chi connectivity index (χ3n) is 2.40. The molecule has 3 heteroatoms. The molecule has 80 valence electrons. The van der Waals surface area contributed by atoms with E-state index in [1.807, 2.05) is 17.5 Å². The molecule has 2 unspecified atom stereocenters. The van der Waals surface area contributed by atoms with Crippen molar-refractivity contribution in [2.45, 2.75) is 26.4 Å². The first-order valence-corrected chi connectivity index (χ1v) is 6.04. The van der Waals surface area contributed by atoms with Gasteiger partial charge < -0.3 is 10.4 Å². The number of hydrogen-bond acceptors (Lipinski definition) is 3. The summed E-state index contributed by atoms with van der Waals surface area (Å²) in [6.45, 7) is 6.04. The van der Waals surface area contributed by atoms with Crippen LogP contribution in [0.25, 0.3) is 0 Å². The average molecular weight is 213 g/mol. The zero-order chi connectivity index (χ0) is 10.4. The van der Waals surface area contributed by atoms with Crippen molar-refractivity contribution in [2.24, 2.45) is 5.92 Å². The molecule has 0 saturated heterocycles. The topological polar surface area (TPSA) is 32.3 Å². The van der Waals surface area contributed by atoms with Gasteiger partial charge in [0.1, 0.15) is 6.10 Å². The van der Waals surface area contributed by atoms with Crippen LogP contribution in [0.4, 0.5) is 0 Å². The number of aliphatic hydroxyl groups excluding tert-OH is 1. The van der Waals surface area contributed by atoms with Crippen molar-refractivity contribution in [1.82, 2.24) is 5.32 Å². The maximum absolute atomic E-state index is 9.74. The highest BCUT2D eigenvalue weighted by Gasteiger charge is 2.07. The van der Waals surface area contributed by atoms with Crippen LogP contribution >= 0.6 is 11.3 Å². The van der Waals surface area contributed by atoms with Gasteiger partial charge in [-0.25, -0.2) is 0 Å². The summed E-state index contributed by atoms with van der Waals surface area (Å²) in [4.78, 5) is 1.04. The zero-order valence-electron chi connectivity index (χ0n) is 8.86. The van der Waals surface area contributed by atoms with E-state index in [9.17, 15) is 5.11 Å². The first-order chi connectivity index (χ1) is 6.74.